The molecule has 0 unspecified atom stereocenters. The summed E-state index contributed by atoms with van der Waals surface area (Å²) in [5.74, 6) is -0.0421. The lowest BCUT2D eigenvalue weighted by Gasteiger charge is -2.16. The van der Waals surface area contributed by atoms with Crippen LogP contribution in [0.15, 0.2) is 35.2 Å². The molecule has 0 aliphatic carbocycles. The first-order valence-corrected chi connectivity index (χ1v) is 7.04. The minimum Gasteiger partial charge on any atom is -0.377 e. The van der Waals surface area contributed by atoms with Crippen molar-refractivity contribution in [3.05, 3.63) is 46.4 Å². The third kappa shape index (κ3) is 3.54. The number of thiazole rings is 1. The van der Waals surface area contributed by atoms with E-state index in [9.17, 15) is 4.79 Å². The fourth-order valence-corrected chi connectivity index (χ4v) is 2.41. The number of hydrogen-bond donors (Lipinski definition) is 1. The van der Waals surface area contributed by atoms with E-state index in [-0.39, 0.29) is 5.91 Å². The van der Waals surface area contributed by atoms with E-state index in [1.54, 1.807) is 16.8 Å². The molecule has 0 spiro atoms. The van der Waals surface area contributed by atoms with Gasteiger partial charge in [0.15, 0.2) is 0 Å². The molecule has 1 amide bonds. The van der Waals surface area contributed by atoms with Gasteiger partial charge in [-0.3, -0.25) is 4.79 Å². The molecule has 1 N–H and O–H groups in total. The van der Waals surface area contributed by atoms with Crippen LogP contribution in [0, 0.1) is 0 Å². The van der Waals surface area contributed by atoms with Crippen LogP contribution in [-0.4, -0.2) is 31.5 Å². The predicted octanol–water partition coefficient (Wildman–Crippen LogP) is 2.18. The van der Waals surface area contributed by atoms with Gasteiger partial charge in [0.05, 0.1) is 16.8 Å². The van der Waals surface area contributed by atoms with E-state index < -0.39 is 0 Å². The molecule has 100 valence electrons. The molecule has 1 heterocycles. The van der Waals surface area contributed by atoms with Gasteiger partial charge in [-0.25, -0.2) is 4.98 Å². The highest BCUT2D eigenvalue weighted by molar-refractivity contribution is 7.07. The van der Waals surface area contributed by atoms with Crippen LogP contribution in [0.4, 0.5) is 5.69 Å². The zero-order valence-electron chi connectivity index (χ0n) is 11.1. The molecule has 0 saturated heterocycles. The van der Waals surface area contributed by atoms with Gasteiger partial charge in [0.2, 0.25) is 0 Å². The van der Waals surface area contributed by atoms with Gasteiger partial charge >= 0.3 is 0 Å². The second-order valence-electron chi connectivity index (χ2n) is 4.40. The molecule has 0 radical (unpaired) electrons. The molecule has 1 aromatic carbocycles. The van der Waals surface area contributed by atoms with Crippen molar-refractivity contribution in [3.8, 4) is 0 Å². The smallest absolute Gasteiger partial charge is 0.253 e. The Bertz CT molecular complexity index is 537. The average Bonchev–Trinajstić information content (AvgIpc) is 2.91. The Morgan fingerprint density at radius 1 is 1.37 bits per heavy atom. The maximum atomic E-state index is 12.1. The van der Waals surface area contributed by atoms with Crippen molar-refractivity contribution in [2.75, 3.05) is 25.5 Å². The van der Waals surface area contributed by atoms with Crippen LogP contribution in [0.25, 0.3) is 0 Å². The number of rotatable bonds is 5. The van der Waals surface area contributed by atoms with Crippen molar-refractivity contribution in [3.63, 3.8) is 0 Å². The average molecular weight is 275 g/mol. The molecule has 0 atom stereocenters. The zero-order valence-corrected chi connectivity index (χ0v) is 11.9. The molecular weight excluding hydrogens is 258 g/mol. The minimum absolute atomic E-state index is 0.0421. The van der Waals surface area contributed by atoms with E-state index >= 15 is 0 Å². The summed E-state index contributed by atoms with van der Waals surface area (Å²) in [6.45, 7) is 0.602. The van der Waals surface area contributed by atoms with Gasteiger partial charge in [-0.05, 0) is 12.1 Å². The number of carbonyl (C=O) groups is 1. The van der Waals surface area contributed by atoms with Crippen LogP contribution in [0.2, 0.25) is 0 Å². The van der Waals surface area contributed by atoms with Crippen LogP contribution >= 0.6 is 11.3 Å². The van der Waals surface area contributed by atoms with Crippen molar-refractivity contribution in [2.24, 2.45) is 0 Å². The van der Waals surface area contributed by atoms with E-state index in [1.165, 1.54) is 0 Å². The first kappa shape index (κ1) is 13.5. The number of hydrogen-bond acceptors (Lipinski definition) is 4. The van der Waals surface area contributed by atoms with Gasteiger partial charge in [-0.15, -0.1) is 11.3 Å². The number of nitrogens with zero attached hydrogens (tertiary/aromatic N) is 2. The molecule has 1 aromatic heterocycles. The molecule has 0 saturated carbocycles. The van der Waals surface area contributed by atoms with Crippen molar-refractivity contribution < 1.29 is 4.79 Å². The van der Waals surface area contributed by atoms with Gasteiger partial charge in [-0.2, -0.15) is 0 Å². The monoisotopic (exact) mass is 275 g/mol. The first-order chi connectivity index (χ1) is 9.18. The van der Waals surface area contributed by atoms with Crippen LogP contribution in [0.1, 0.15) is 16.1 Å². The first-order valence-electron chi connectivity index (χ1n) is 6.10. The molecule has 4 nitrogen and oxygen atoms in total. The van der Waals surface area contributed by atoms with Crippen LogP contribution in [-0.2, 0) is 6.42 Å². The highest BCUT2D eigenvalue weighted by Crippen LogP contribution is 2.17. The summed E-state index contributed by atoms with van der Waals surface area (Å²) in [5.41, 5.74) is 4.45. The normalized spacial score (nSPS) is 10.2. The number of anilines is 1. The van der Waals surface area contributed by atoms with Crippen molar-refractivity contribution in [2.45, 2.75) is 6.42 Å². The Morgan fingerprint density at radius 3 is 2.84 bits per heavy atom. The summed E-state index contributed by atoms with van der Waals surface area (Å²) in [6, 6.07) is 7.59. The molecule has 2 rings (SSSR count). The number of aromatic nitrogens is 1. The highest BCUT2D eigenvalue weighted by Gasteiger charge is 2.11. The van der Waals surface area contributed by atoms with E-state index in [0.717, 1.165) is 17.8 Å². The second kappa shape index (κ2) is 6.33. The van der Waals surface area contributed by atoms with Crippen LogP contribution in [0.5, 0.6) is 0 Å². The molecule has 0 fully saturated rings. The van der Waals surface area contributed by atoms with Gasteiger partial charge in [-0.1, -0.05) is 12.1 Å². The molecule has 0 bridgehead atoms. The quantitative estimate of drug-likeness (QED) is 0.909. The summed E-state index contributed by atoms with van der Waals surface area (Å²) in [6.07, 6.45) is 0.763. The molecule has 0 aliphatic heterocycles. The number of carbonyl (C=O) groups excluding carboxylic acids is 1. The van der Waals surface area contributed by atoms with E-state index in [1.807, 2.05) is 48.6 Å². The number of amides is 1. The Kier molecular flexibility index (Phi) is 4.52. The van der Waals surface area contributed by atoms with Gasteiger partial charge in [0, 0.05) is 38.1 Å². The summed E-state index contributed by atoms with van der Waals surface area (Å²) in [4.78, 5) is 18.3. The third-order valence-corrected chi connectivity index (χ3v) is 3.42. The Morgan fingerprint density at radius 2 is 2.16 bits per heavy atom. The lowest BCUT2D eigenvalue weighted by molar-refractivity contribution is 0.0954. The summed E-state index contributed by atoms with van der Waals surface area (Å²) in [7, 11) is 3.86. The molecule has 19 heavy (non-hydrogen) atoms. The van der Waals surface area contributed by atoms with Gasteiger partial charge < -0.3 is 10.2 Å². The lowest BCUT2D eigenvalue weighted by Crippen LogP contribution is -2.27. The fraction of sp³-hybridized carbons (Fsp3) is 0.286. The van der Waals surface area contributed by atoms with Crippen LogP contribution in [0.3, 0.4) is 0 Å². The molecule has 0 aliphatic rings. The topological polar surface area (TPSA) is 45.2 Å². The maximum Gasteiger partial charge on any atom is 0.253 e. The van der Waals surface area contributed by atoms with Gasteiger partial charge in [0.1, 0.15) is 0 Å². The molecule has 5 heteroatoms. The minimum atomic E-state index is -0.0421. The Labute approximate surface area is 117 Å². The second-order valence-corrected chi connectivity index (χ2v) is 5.12. The molecular formula is C14H17N3OS. The van der Waals surface area contributed by atoms with E-state index in [0.29, 0.717) is 12.1 Å². The highest BCUT2D eigenvalue weighted by atomic mass is 32.1. The maximum absolute atomic E-state index is 12.1. The standard InChI is InChI=1S/C14H17N3OS/c1-17(2)13-6-4-3-5-12(13)14(18)15-8-7-11-9-19-10-16-11/h3-6,9-10H,7-8H2,1-2H3,(H,15,18). The predicted molar refractivity (Wildman–Crippen MR) is 78.9 cm³/mol. The van der Waals surface area contributed by atoms with Gasteiger partial charge in [0.25, 0.3) is 5.91 Å². The largest absolute Gasteiger partial charge is 0.377 e. The van der Waals surface area contributed by atoms with Crippen molar-refractivity contribution in [1.82, 2.24) is 10.3 Å². The van der Waals surface area contributed by atoms with Crippen molar-refractivity contribution in [1.29, 1.82) is 0 Å². The van der Waals surface area contributed by atoms with E-state index in [2.05, 4.69) is 10.3 Å². The summed E-state index contributed by atoms with van der Waals surface area (Å²) < 4.78 is 0. The fourth-order valence-electron chi connectivity index (χ4n) is 1.82. The molecule has 2 aromatic rings. The SMILES string of the molecule is CN(C)c1ccccc1C(=O)NCCc1cscn1. The Balaban J connectivity index is 1.96. The van der Waals surface area contributed by atoms with E-state index in [4.69, 9.17) is 0 Å². The third-order valence-electron chi connectivity index (χ3n) is 2.78. The number of nitrogens with one attached hydrogen (secondary N) is 1. The number of para-hydroxylation sites is 1. The summed E-state index contributed by atoms with van der Waals surface area (Å²) in [5, 5.41) is 4.93. The Hall–Kier alpha value is -1.88. The van der Waals surface area contributed by atoms with Crippen LogP contribution < -0.4 is 10.2 Å². The van der Waals surface area contributed by atoms with Crippen molar-refractivity contribution >= 4 is 22.9 Å². The summed E-state index contributed by atoms with van der Waals surface area (Å²) >= 11 is 1.57. The zero-order chi connectivity index (χ0) is 13.7. The number of benzene rings is 1. The lowest BCUT2D eigenvalue weighted by atomic mass is 10.1.